The number of carbonyl (C=O) groups is 3. The van der Waals surface area contributed by atoms with Crippen LogP contribution in [0.5, 0.6) is 0 Å². The second-order valence-corrected chi connectivity index (χ2v) is 50.4. The number of ether oxygens (including phenoxy) is 3. The highest BCUT2D eigenvalue weighted by atomic mass is 28.5. The zero-order valence-electron chi connectivity index (χ0n) is 51.4. The van der Waals surface area contributed by atoms with Gasteiger partial charge in [-0.1, -0.05) is 123 Å². The van der Waals surface area contributed by atoms with Crippen molar-refractivity contribution in [2.75, 3.05) is 33.0 Å². The summed E-state index contributed by atoms with van der Waals surface area (Å²) in [6.45, 7) is 44.4. The molecule has 2 aromatic carbocycles. The van der Waals surface area contributed by atoms with Crippen molar-refractivity contribution in [3.05, 3.63) is 97.1 Å². The van der Waals surface area contributed by atoms with Crippen LogP contribution in [-0.2, 0) is 49.8 Å². The maximum atomic E-state index is 11.7. The van der Waals surface area contributed by atoms with Gasteiger partial charge in [0.25, 0.3) is 0 Å². The normalized spacial score (nSPS) is 16.9. The Hall–Kier alpha value is -2.65. The summed E-state index contributed by atoms with van der Waals surface area (Å²) in [4.78, 5) is 43.7. The summed E-state index contributed by atoms with van der Waals surface area (Å²) in [5, 5.41) is 2.53. The Labute approximate surface area is 479 Å². The molecule has 76 heavy (non-hydrogen) atoms. The number of carbonyl (C=O) groups excluding carboxylic acids is 3. The molecular formula is C57H116O12Si7. The first-order valence-electron chi connectivity index (χ1n) is 27.9. The van der Waals surface area contributed by atoms with Gasteiger partial charge in [-0.15, -0.1) is 0 Å². The minimum Gasteiger partial charge on any atom is -0.462 e. The van der Waals surface area contributed by atoms with Gasteiger partial charge in [0.05, 0.1) is 19.8 Å². The number of hydrogen-bond donors (Lipinski definition) is 1. The van der Waals surface area contributed by atoms with Crippen LogP contribution < -0.4 is 10.4 Å². The zero-order chi connectivity index (χ0) is 58.9. The fourth-order valence-electron chi connectivity index (χ4n) is 8.05. The van der Waals surface area contributed by atoms with Crippen molar-refractivity contribution >= 4 is 87.0 Å². The van der Waals surface area contributed by atoms with Crippen molar-refractivity contribution in [1.29, 1.82) is 0 Å². The third-order valence-electron chi connectivity index (χ3n) is 11.8. The van der Waals surface area contributed by atoms with Crippen molar-refractivity contribution in [2.45, 2.75) is 204 Å². The molecule has 0 saturated carbocycles. The van der Waals surface area contributed by atoms with Crippen molar-refractivity contribution in [1.82, 2.24) is 0 Å². The van der Waals surface area contributed by atoms with Gasteiger partial charge in [-0.3, -0.25) is 0 Å². The topological polar surface area (TPSA) is 145 Å². The van der Waals surface area contributed by atoms with E-state index in [0.717, 1.165) is 55.8 Å². The molecule has 0 amide bonds. The Morgan fingerprint density at radius 2 is 0.947 bits per heavy atom. The maximum Gasteiger partial charge on any atom is 0.350 e. The smallest absolute Gasteiger partial charge is 0.350 e. The molecular weight excluding hydrogens is 1070 g/mol. The van der Waals surface area contributed by atoms with E-state index in [4.69, 9.17) is 41.3 Å². The van der Waals surface area contributed by atoms with Crippen molar-refractivity contribution < 1.29 is 60.5 Å². The average Bonchev–Trinajstić information content (AvgIpc) is 3.34. The molecule has 2 aromatic rings. The van der Waals surface area contributed by atoms with E-state index < -0.39 is 58.7 Å². The summed E-state index contributed by atoms with van der Waals surface area (Å²) in [6.07, 6.45) is 7.48. The largest absolute Gasteiger partial charge is 0.462 e. The molecule has 0 bridgehead atoms. The highest BCUT2D eigenvalue weighted by molar-refractivity contribution is 6.95. The molecule has 0 radical (unpaired) electrons. The fraction of sp³-hybridized carbons (Fsp3) is 0.632. The highest BCUT2D eigenvalue weighted by Crippen LogP contribution is 2.28. The van der Waals surface area contributed by atoms with Crippen LogP contribution in [0.1, 0.15) is 101 Å². The van der Waals surface area contributed by atoms with Gasteiger partial charge in [-0.25, -0.2) is 14.4 Å². The monoisotopic (exact) mass is 1190 g/mol. The average molecular weight is 1190 g/mol. The van der Waals surface area contributed by atoms with Crippen molar-refractivity contribution in [3.63, 3.8) is 0 Å². The van der Waals surface area contributed by atoms with Crippen LogP contribution >= 0.6 is 0 Å². The first kappa shape index (κ1) is 75.4. The first-order chi connectivity index (χ1) is 35.2. The van der Waals surface area contributed by atoms with Crippen LogP contribution in [0.2, 0.25) is 109 Å². The summed E-state index contributed by atoms with van der Waals surface area (Å²) in [5.74, 6) is -1.06. The summed E-state index contributed by atoms with van der Waals surface area (Å²) in [7, 11) is -14.3. The Morgan fingerprint density at radius 1 is 0.566 bits per heavy atom. The molecule has 2 fully saturated rings. The van der Waals surface area contributed by atoms with E-state index in [2.05, 4.69) is 128 Å². The summed E-state index contributed by atoms with van der Waals surface area (Å²) < 4.78 is 67.7. The molecule has 1 N–H and O–H groups in total. The Kier molecular flexibility index (Phi) is 37.8. The van der Waals surface area contributed by atoms with E-state index in [0.29, 0.717) is 36.5 Å². The molecule has 2 atom stereocenters. The predicted octanol–water partition coefficient (Wildman–Crippen LogP) is 15.2. The maximum absolute atomic E-state index is 11.7. The molecule has 2 saturated heterocycles. The minimum absolute atomic E-state index is 0. The number of rotatable bonds is 23. The second-order valence-electron chi connectivity index (χ2n) is 22.4. The summed E-state index contributed by atoms with van der Waals surface area (Å²) in [6, 6.07) is 26.0. The fourth-order valence-corrected chi connectivity index (χ4v) is 32.9. The molecule has 19 heteroatoms. The molecule has 2 unspecified atom stereocenters. The van der Waals surface area contributed by atoms with E-state index in [9.17, 15) is 19.2 Å². The van der Waals surface area contributed by atoms with Crippen molar-refractivity contribution in [2.24, 2.45) is 0 Å². The Morgan fingerprint density at radius 3 is 1.29 bits per heavy atom. The predicted molar refractivity (Wildman–Crippen MR) is 345 cm³/mol. The first-order valence-corrected chi connectivity index (χ1v) is 46.2. The zero-order valence-corrected chi connectivity index (χ0v) is 54.4. The van der Waals surface area contributed by atoms with Gasteiger partial charge >= 0.3 is 35.0 Å². The number of esters is 3. The molecule has 12 nitrogen and oxygen atoms in total. The second kappa shape index (κ2) is 38.1. The quantitative estimate of drug-likeness (QED) is 0.0372. The molecule has 0 aliphatic carbocycles. The van der Waals surface area contributed by atoms with E-state index >= 15 is 0 Å². The van der Waals surface area contributed by atoms with Gasteiger partial charge in [0.15, 0.2) is 33.3 Å². The van der Waals surface area contributed by atoms with Gasteiger partial charge in [-0.2, -0.15) is 0 Å². The number of hydrogen-bond acceptors (Lipinski definition) is 12. The van der Waals surface area contributed by atoms with Crippen LogP contribution in [0.15, 0.2) is 97.1 Å². The van der Waals surface area contributed by atoms with Gasteiger partial charge < -0.3 is 40.2 Å². The Balaban J connectivity index is -0.000000264. The van der Waals surface area contributed by atoms with Gasteiger partial charge in [0, 0.05) is 35.9 Å². The van der Waals surface area contributed by atoms with Crippen molar-refractivity contribution in [3.8, 4) is 0 Å². The van der Waals surface area contributed by atoms with E-state index in [1.165, 1.54) is 43.0 Å². The van der Waals surface area contributed by atoms with Crippen LogP contribution in [0, 0.1) is 0 Å². The third kappa shape index (κ3) is 35.8. The highest BCUT2D eigenvalue weighted by Gasteiger charge is 2.47. The lowest BCUT2D eigenvalue weighted by molar-refractivity contribution is -0.139. The molecule has 2 aliphatic heterocycles. The SMILES string of the molecule is C.C.C.C.C=C(C)C(=O)OCCC[Si](C)(C)O.C=C(C)C(=O)OCCC[Si](C)(C)O[Si](C)(C)O[Si](C)(O[Si](C)(C)CCCOC(=O)C(=C)C)c1ccccc1.C[Si]1(C)CCCCO1.C[Si]1(c2ccccc2)CCCCO1.[2H][2H].[2H][2H]. The molecule has 2 aliphatic rings. The van der Waals surface area contributed by atoms with Crippen LogP contribution in [0.3, 0.4) is 0 Å². The van der Waals surface area contributed by atoms with Crippen LogP contribution in [0.4, 0.5) is 0 Å². The third-order valence-corrected chi connectivity index (χ3v) is 35.6. The molecule has 0 aromatic heterocycles. The van der Waals surface area contributed by atoms with Gasteiger partial charge in [0.1, 0.15) is 0 Å². The van der Waals surface area contributed by atoms with Gasteiger partial charge in [0.2, 0.25) is 8.32 Å². The molecule has 4 rings (SSSR count). The van der Waals surface area contributed by atoms with Crippen LogP contribution in [0.25, 0.3) is 0 Å². The number of benzene rings is 2. The van der Waals surface area contributed by atoms with Crippen LogP contribution in [-0.4, -0.2) is 114 Å². The summed E-state index contributed by atoms with van der Waals surface area (Å²) in [5.41, 5.74) is 1.23. The lowest BCUT2D eigenvalue weighted by atomic mass is 10.3. The lowest BCUT2D eigenvalue weighted by Crippen LogP contribution is -2.63. The molecule has 2 heterocycles. The molecule has 0 spiro atoms. The Bertz CT molecular complexity index is 1980. The molecule has 444 valence electrons. The minimum atomic E-state index is -2.84. The van der Waals surface area contributed by atoms with E-state index in [-0.39, 0.29) is 47.6 Å². The van der Waals surface area contributed by atoms with Gasteiger partial charge in [-0.05, 0) is 172 Å². The summed E-state index contributed by atoms with van der Waals surface area (Å²) >= 11 is 0. The van der Waals surface area contributed by atoms with E-state index in [1.54, 1.807) is 20.8 Å². The lowest BCUT2D eigenvalue weighted by Gasteiger charge is -2.42. The standard InChI is InChI=1S/C27H48O7Si4.C11H16OSi.C9H18O3Si.C6H14OSi.4CH4.2H2/c1-23(2)26(28)30-19-15-21-35(5,6)32-37(9,10)34-38(11,25-17-13-12-14-18-25)33-36(7,8)22-16-20-31-27(29)24(3)4;1-13(10-6-5-9-12-13)11-7-3-2-4-8-11;1-8(2)9(10)12-6-5-7-13(3,4)11;1-8(2)6-4-3-5-7-8;;;;;;/h12-14,17-18H,1,3,15-16,19-22H2,2,4-11H3;2-4,7-8H,5-6,9-10H2,1H3;11H,1,5-7H2,2-4H3;3-6H2,1-2H3;4*1H4;2*1H/i;;;;;;;;2*1+1D. The van der Waals surface area contributed by atoms with E-state index in [1.807, 2.05) is 31.3 Å².